The highest BCUT2D eigenvalue weighted by Crippen LogP contribution is 2.34. The summed E-state index contributed by atoms with van der Waals surface area (Å²) >= 11 is 12.0. The molecule has 0 fully saturated rings. The lowest BCUT2D eigenvalue weighted by Gasteiger charge is -2.13. The summed E-state index contributed by atoms with van der Waals surface area (Å²) in [6, 6.07) is 25.8. The van der Waals surface area contributed by atoms with Crippen molar-refractivity contribution in [1.29, 1.82) is 0 Å². The van der Waals surface area contributed by atoms with Gasteiger partial charge in [-0.15, -0.1) is 0 Å². The van der Waals surface area contributed by atoms with E-state index in [1.165, 1.54) is 0 Å². The maximum Gasteiger partial charge on any atom is 0.193 e. The number of methoxy groups -OCH3 is 2. The Hall–Kier alpha value is -3.27. The summed E-state index contributed by atoms with van der Waals surface area (Å²) in [5, 5.41) is 1.33. The summed E-state index contributed by atoms with van der Waals surface area (Å²) in [4.78, 5) is 13.2. The molecule has 0 aromatic heterocycles. The van der Waals surface area contributed by atoms with Gasteiger partial charge in [0.1, 0.15) is 11.5 Å². The minimum Gasteiger partial charge on any atom is -0.496 e. The zero-order valence-corrected chi connectivity index (χ0v) is 19.1. The summed E-state index contributed by atoms with van der Waals surface area (Å²) in [6.45, 7) is 0. The van der Waals surface area contributed by atoms with Crippen LogP contribution in [0.15, 0.2) is 84.9 Å². The van der Waals surface area contributed by atoms with Crippen molar-refractivity contribution in [1.82, 2.24) is 0 Å². The van der Waals surface area contributed by atoms with Crippen LogP contribution in [0.4, 0.5) is 0 Å². The third kappa shape index (κ3) is 4.50. The molecule has 0 atom stereocenters. The van der Waals surface area contributed by atoms with Crippen LogP contribution in [0.1, 0.15) is 15.9 Å². The van der Waals surface area contributed by atoms with E-state index < -0.39 is 0 Å². The van der Waals surface area contributed by atoms with Crippen molar-refractivity contribution >= 4 is 29.0 Å². The average Bonchev–Trinajstić information content (AvgIpc) is 2.84. The van der Waals surface area contributed by atoms with Crippen molar-refractivity contribution in [3.8, 4) is 33.8 Å². The first-order valence-corrected chi connectivity index (χ1v) is 10.7. The first-order chi connectivity index (χ1) is 15.5. The molecule has 32 heavy (non-hydrogen) atoms. The van der Waals surface area contributed by atoms with Crippen LogP contribution in [-0.2, 0) is 0 Å². The molecule has 4 aromatic carbocycles. The maximum absolute atomic E-state index is 13.2. The van der Waals surface area contributed by atoms with Gasteiger partial charge in [-0.3, -0.25) is 4.79 Å². The topological polar surface area (TPSA) is 35.5 Å². The fraction of sp³-hybridized carbons (Fsp3) is 0.0741. The van der Waals surface area contributed by atoms with Gasteiger partial charge in [0, 0.05) is 32.3 Å². The van der Waals surface area contributed by atoms with Gasteiger partial charge in [0.05, 0.1) is 14.2 Å². The van der Waals surface area contributed by atoms with Gasteiger partial charge < -0.3 is 9.47 Å². The lowest BCUT2D eigenvalue weighted by molar-refractivity contribution is 0.103. The van der Waals surface area contributed by atoms with E-state index >= 15 is 0 Å². The zero-order chi connectivity index (χ0) is 22.7. The van der Waals surface area contributed by atoms with E-state index in [2.05, 4.69) is 0 Å². The molecule has 0 amide bonds. The number of ketones is 1. The summed E-state index contributed by atoms with van der Waals surface area (Å²) < 4.78 is 11.1. The minimum atomic E-state index is -0.119. The molecule has 3 nitrogen and oxygen atoms in total. The molecule has 0 aliphatic rings. The highest BCUT2D eigenvalue weighted by molar-refractivity contribution is 6.31. The van der Waals surface area contributed by atoms with Crippen LogP contribution in [-0.4, -0.2) is 20.0 Å². The molecule has 0 saturated carbocycles. The van der Waals surface area contributed by atoms with Gasteiger partial charge in [0.2, 0.25) is 0 Å². The second-order valence-corrected chi connectivity index (χ2v) is 8.05. The Morgan fingerprint density at radius 2 is 0.969 bits per heavy atom. The van der Waals surface area contributed by atoms with E-state index in [1.807, 2.05) is 60.7 Å². The van der Waals surface area contributed by atoms with Crippen molar-refractivity contribution in [3.05, 3.63) is 106 Å². The SMILES string of the molecule is COc1cc(C(=O)c2ccc(-c3ccc(Cl)cc3)c(OC)c2)ccc1-c1ccc(Cl)cc1. The molecule has 160 valence electrons. The zero-order valence-electron chi connectivity index (χ0n) is 17.6. The smallest absolute Gasteiger partial charge is 0.193 e. The standard InChI is InChI=1S/C27H20Cl2O3/c1-31-25-15-19(7-13-23(25)17-3-9-21(28)10-4-17)27(30)20-8-14-24(26(16-20)32-2)18-5-11-22(29)12-6-18/h3-16H,1-2H3. The Kier molecular flexibility index (Phi) is 6.50. The Balaban J connectivity index is 1.68. The maximum atomic E-state index is 13.2. The number of carbonyl (C=O) groups excluding carboxylic acids is 1. The van der Waals surface area contributed by atoms with Gasteiger partial charge in [-0.1, -0.05) is 59.6 Å². The second-order valence-electron chi connectivity index (χ2n) is 7.17. The summed E-state index contributed by atoms with van der Waals surface area (Å²) in [6.07, 6.45) is 0. The van der Waals surface area contributed by atoms with Crippen LogP contribution in [0.2, 0.25) is 10.0 Å². The molecule has 0 aliphatic carbocycles. The van der Waals surface area contributed by atoms with Crippen molar-refractivity contribution in [2.45, 2.75) is 0 Å². The van der Waals surface area contributed by atoms with Crippen LogP contribution in [0, 0.1) is 0 Å². The van der Waals surface area contributed by atoms with Gasteiger partial charge in [-0.2, -0.15) is 0 Å². The van der Waals surface area contributed by atoms with Gasteiger partial charge in [0.25, 0.3) is 0 Å². The number of rotatable bonds is 6. The Morgan fingerprint density at radius 1 is 0.594 bits per heavy atom. The Bertz CT molecular complexity index is 1160. The molecular weight excluding hydrogens is 443 g/mol. The first-order valence-electron chi connectivity index (χ1n) is 9.93. The molecule has 5 heteroatoms. The largest absolute Gasteiger partial charge is 0.496 e. The molecule has 0 N–H and O–H groups in total. The van der Waals surface area contributed by atoms with Gasteiger partial charge in [-0.25, -0.2) is 0 Å². The third-order valence-corrected chi connectivity index (χ3v) is 5.74. The number of ether oxygens (including phenoxy) is 2. The normalized spacial score (nSPS) is 10.6. The molecule has 0 heterocycles. The molecule has 0 spiro atoms. The van der Waals surface area contributed by atoms with E-state index in [1.54, 1.807) is 38.5 Å². The molecule has 0 bridgehead atoms. The molecule has 0 radical (unpaired) electrons. The predicted molar refractivity (Wildman–Crippen MR) is 130 cm³/mol. The second kappa shape index (κ2) is 9.47. The van der Waals surface area contributed by atoms with Crippen molar-refractivity contribution in [3.63, 3.8) is 0 Å². The van der Waals surface area contributed by atoms with Crippen molar-refractivity contribution in [2.24, 2.45) is 0 Å². The number of halogens is 2. The van der Waals surface area contributed by atoms with Crippen LogP contribution < -0.4 is 9.47 Å². The highest BCUT2D eigenvalue weighted by Gasteiger charge is 2.16. The molecule has 0 saturated heterocycles. The predicted octanol–water partition coefficient (Wildman–Crippen LogP) is 7.58. The van der Waals surface area contributed by atoms with Crippen LogP contribution in [0.5, 0.6) is 11.5 Å². The summed E-state index contributed by atoms with van der Waals surface area (Å²) in [7, 11) is 3.18. The number of hydrogen-bond acceptors (Lipinski definition) is 3. The fourth-order valence-electron chi connectivity index (χ4n) is 3.57. The minimum absolute atomic E-state index is 0.119. The van der Waals surface area contributed by atoms with Crippen LogP contribution >= 0.6 is 23.2 Å². The van der Waals surface area contributed by atoms with Crippen LogP contribution in [0.25, 0.3) is 22.3 Å². The van der Waals surface area contributed by atoms with Crippen LogP contribution in [0.3, 0.4) is 0 Å². The lowest BCUT2D eigenvalue weighted by atomic mass is 9.96. The van der Waals surface area contributed by atoms with E-state index in [-0.39, 0.29) is 5.78 Å². The van der Waals surface area contributed by atoms with E-state index in [0.29, 0.717) is 32.7 Å². The van der Waals surface area contributed by atoms with Crippen molar-refractivity contribution < 1.29 is 14.3 Å². The lowest BCUT2D eigenvalue weighted by Crippen LogP contribution is -2.03. The van der Waals surface area contributed by atoms with E-state index in [9.17, 15) is 4.79 Å². The first kappa shape index (κ1) is 21.9. The van der Waals surface area contributed by atoms with Gasteiger partial charge in [0.15, 0.2) is 5.78 Å². The molecular formula is C27H20Cl2O3. The number of benzene rings is 4. The molecule has 4 aromatic rings. The van der Waals surface area contributed by atoms with Gasteiger partial charge in [-0.05, 0) is 59.7 Å². The number of carbonyl (C=O) groups is 1. The monoisotopic (exact) mass is 462 g/mol. The molecule has 0 aliphatic heterocycles. The molecule has 4 rings (SSSR count). The van der Waals surface area contributed by atoms with Gasteiger partial charge >= 0.3 is 0 Å². The molecule has 0 unspecified atom stereocenters. The highest BCUT2D eigenvalue weighted by atomic mass is 35.5. The average molecular weight is 463 g/mol. The van der Waals surface area contributed by atoms with E-state index in [4.69, 9.17) is 32.7 Å². The van der Waals surface area contributed by atoms with Crippen molar-refractivity contribution in [2.75, 3.05) is 14.2 Å². The third-order valence-electron chi connectivity index (χ3n) is 5.24. The van der Waals surface area contributed by atoms with E-state index in [0.717, 1.165) is 22.3 Å². The Labute approximate surface area is 197 Å². The summed E-state index contributed by atoms with van der Waals surface area (Å²) in [5.74, 6) is 1.11. The fourth-order valence-corrected chi connectivity index (χ4v) is 3.82. The summed E-state index contributed by atoms with van der Waals surface area (Å²) in [5.41, 5.74) is 4.74. The quantitative estimate of drug-likeness (QED) is 0.277. The Morgan fingerprint density at radius 3 is 1.31 bits per heavy atom. The number of hydrogen-bond donors (Lipinski definition) is 0.